The molecule has 0 aliphatic carbocycles. The van der Waals surface area contributed by atoms with Gasteiger partial charge in [0.25, 0.3) is 0 Å². The molecule has 0 radical (unpaired) electrons. The summed E-state index contributed by atoms with van der Waals surface area (Å²) in [5.41, 5.74) is 1.94. The topological polar surface area (TPSA) is 57.4 Å². The van der Waals surface area contributed by atoms with Crippen molar-refractivity contribution in [2.24, 2.45) is 0 Å². The van der Waals surface area contributed by atoms with Crippen LogP contribution in [0.4, 0.5) is 5.69 Å². The maximum atomic E-state index is 9.32. The smallest absolute Gasteiger partial charge is 0.0942 e. The summed E-state index contributed by atoms with van der Waals surface area (Å²) in [5, 5.41) is 21.2. The number of nitrogens with one attached hydrogen (secondary N) is 1. The lowest BCUT2D eigenvalue weighted by Gasteiger charge is -2.14. The average Bonchev–Trinajstić information content (AvgIpc) is 2.90. The first-order valence-corrected chi connectivity index (χ1v) is 5.56. The van der Waals surface area contributed by atoms with Gasteiger partial charge in [-0.25, -0.2) is 0 Å². The van der Waals surface area contributed by atoms with Gasteiger partial charge < -0.3 is 20.1 Å². The molecular weight excluding hydrogens is 216 g/mol. The monoisotopic (exact) mass is 232 g/mol. The van der Waals surface area contributed by atoms with Gasteiger partial charge in [0.15, 0.2) is 0 Å². The van der Waals surface area contributed by atoms with Crippen LogP contribution in [-0.4, -0.2) is 34.0 Å². The largest absolute Gasteiger partial charge is 0.394 e. The highest BCUT2D eigenvalue weighted by molar-refractivity contribution is 5.61. The number of aliphatic hydroxyl groups is 2. The van der Waals surface area contributed by atoms with E-state index in [4.69, 9.17) is 5.11 Å². The van der Waals surface area contributed by atoms with Gasteiger partial charge in [-0.3, -0.25) is 0 Å². The molecule has 0 amide bonds. The van der Waals surface area contributed by atoms with Crippen molar-refractivity contribution in [2.75, 3.05) is 18.5 Å². The Morgan fingerprint density at radius 2 is 1.82 bits per heavy atom. The fraction of sp³-hybridized carbons (Fsp3) is 0.231. The zero-order chi connectivity index (χ0) is 12.1. The van der Waals surface area contributed by atoms with E-state index in [2.05, 4.69) is 5.32 Å². The Morgan fingerprint density at radius 1 is 1.12 bits per heavy atom. The molecule has 0 saturated heterocycles. The fourth-order valence-corrected chi connectivity index (χ4v) is 1.64. The van der Waals surface area contributed by atoms with Crippen LogP contribution < -0.4 is 5.32 Å². The average molecular weight is 232 g/mol. The Hall–Kier alpha value is -1.78. The molecule has 4 heteroatoms. The van der Waals surface area contributed by atoms with E-state index in [1.54, 1.807) is 0 Å². The van der Waals surface area contributed by atoms with Gasteiger partial charge in [0.2, 0.25) is 0 Å². The third-order valence-corrected chi connectivity index (χ3v) is 2.53. The summed E-state index contributed by atoms with van der Waals surface area (Å²) in [5.74, 6) is 0. The third kappa shape index (κ3) is 2.87. The second-order valence-electron chi connectivity index (χ2n) is 3.82. The first-order chi connectivity index (χ1) is 8.31. The van der Waals surface area contributed by atoms with E-state index in [0.717, 1.165) is 11.4 Å². The van der Waals surface area contributed by atoms with Crippen LogP contribution in [0.5, 0.6) is 0 Å². The summed E-state index contributed by atoms with van der Waals surface area (Å²) in [6.45, 7) is 0.0907. The minimum absolute atomic E-state index is 0.237. The van der Waals surface area contributed by atoms with Crippen LogP contribution in [0, 0.1) is 0 Å². The zero-order valence-electron chi connectivity index (χ0n) is 9.45. The molecule has 1 heterocycles. The maximum absolute atomic E-state index is 9.32. The van der Waals surface area contributed by atoms with Crippen LogP contribution in [0.25, 0.3) is 5.69 Å². The van der Waals surface area contributed by atoms with Crippen molar-refractivity contribution in [3.63, 3.8) is 0 Å². The van der Waals surface area contributed by atoms with Crippen molar-refractivity contribution in [2.45, 2.75) is 6.10 Å². The van der Waals surface area contributed by atoms with Gasteiger partial charge in [0.05, 0.1) is 24.1 Å². The molecule has 0 aliphatic rings. The number of para-hydroxylation sites is 2. The SMILES string of the molecule is OCC(O)CNc1ccccc1-n1cccc1. The van der Waals surface area contributed by atoms with Crippen LogP contribution in [0.2, 0.25) is 0 Å². The Labute approximate surface area is 100 Å². The molecule has 1 aromatic heterocycles. The van der Waals surface area contributed by atoms with Crippen LogP contribution in [-0.2, 0) is 0 Å². The molecule has 90 valence electrons. The van der Waals surface area contributed by atoms with Gasteiger partial charge in [-0.2, -0.15) is 0 Å². The Bertz CT molecular complexity index is 454. The first-order valence-electron chi connectivity index (χ1n) is 5.56. The molecule has 0 aliphatic heterocycles. The lowest BCUT2D eigenvalue weighted by molar-refractivity contribution is 0.105. The van der Waals surface area contributed by atoms with E-state index < -0.39 is 6.10 Å². The van der Waals surface area contributed by atoms with Gasteiger partial charge >= 0.3 is 0 Å². The van der Waals surface area contributed by atoms with E-state index in [1.165, 1.54) is 0 Å². The quantitative estimate of drug-likeness (QED) is 0.727. The number of anilines is 1. The number of aromatic nitrogens is 1. The Kier molecular flexibility index (Phi) is 3.80. The van der Waals surface area contributed by atoms with Crippen LogP contribution in [0.15, 0.2) is 48.8 Å². The molecule has 0 bridgehead atoms. The van der Waals surface area contributed by atoms with Crippen molar-refractivity contribution >= 4 is 5.69 Å². The van der Waals surface area contributed by atoms with Crippen LogP contribution in [0.3, 0.4) is 0 Å². The molecule has 17 heavy (non-hydrogen) atoms. The van der Waals surface area contributed by atoms with Crippen LogP contribution >= 0.6 is 0 Å². The zero-order valence-corrected chi connectivity index (χ0v) is 9.45. The molecular formula is C13H16N2O2. The Morgan fingerprint density at radius 3 is 2.53 bits per heavy atom. The van der Waals surface area contributed by atoms with Crippen molar-refractivity contribution in [1.29, 1.82) is 0 Å². The number of nitrogens with zero attached hydrogens (tertiary/aromatic N) is 1. The fourth-order valence-electron chi connectivity index (χ4n) is 1.64. The summed E-state index contributed by atoms with van der Waals surface area (Å²) >= 11 is 0. The molecule has 3 N–H and O–H groups in total. The van der Waals surface area contributed by atoms with Crippen molar-refractivity contribution in [1.82, 2.24) is 4.57 Å². The van der Waals surface area contributed by atoms with E-state index in [0.29, 0.717) is 6.54 Å². The lowest BCUT2D eigenvalue weighted by atomic mass is 10.2. The molecule has 1 atom stereocenters. The lowest BCUT2D eigenvalue weighted by Crippen LogP contribution is -2.23. The van der Waals surface area contributed by atoms with Gasteiger partial charge in [0, 0.05) is 18.9 Å². The number of hydrogen-bond acceptors (Lipinski definition) is 3. The van der Waals surface area contributed by atoms with Gasteiger partial charge in [-0.15, -0.1) is 0 Å². The minimum atomic E-state index is -0.743. The van der Waals surface area contributed by atoms with E-state index in [-0.39, 0.29) is 6.61 Å². The highest BCUT2D eigenvalue weighted by Crippen LogP contribution is 2.19. The van der Waals surface area contributed by atoms with Crippen molar-refractivity contribution in [3.8, 4) is 5.69 Å². The molecule has 0 fully saturated rings. The molecule has 0 saturated carbocycles. The van der Waals surface area contributed by atoms with Gasteiger partial charge in [-0.1, -0.05) is 12.1 Å². The highest BCUT2D eigenvalue weighted by Gasteiger charge is 2.05. The second kappa shape index (κ2) is 5.52. The van der Waals surface area contributed by atoms with Gasteiger partial charge in [-0.05, 0) is 24.3 Å². The van der Waals surface area contributed by atoms with Crippen molar-refractivity contribution in [3.05, 3.63) is 48.8 Å². The molecule has 4 nitrogen and oxygen atoms in total. The molecule has 0 spiro atoms. The molecule has 2 rings (SSSR count). The third-order valence-electron chi connectivity index (χ3n) is 2.53. The van der Waals surface area contributed by atoms with Crippen molar-refractivity contribution < 1.29 is 10.2 Å². The first kappa shape index (κ1) is 11.7. The predicted octanol–water partition coefficient (Wildman–Crippen LogP) is 1.24. The molecule has 1 unspecified atom stereocenters. The number of aliphatic hydroxyl groups excluding tert-OH is 2. The summed E-state index contributed by atoms with van der Waals surface area (Å²) in [6.07, 6.45) is 3.18. The molecule has 1 aromatic carbocycles. The van der Waals surface area contributed by atoms with E-state index in [9.17, 15) is 5.11 Å². The van der Waals surface area contributed by atoms with Gasteiger partial charge in [0.1, 0.15) is 0 Å². The van der Waals surface area contributed by atoms with Crippen LogP contribution in [0.1, 0.15) is 0 Å². The number of rotatable bonds is 5. The number of benzene rings is 1. The summed E-state index contributed by atoms with van der Waals surface area (Å²) in [4.78, 5) is 0. The summed E-state index contributed by atoms with van der Waals surface area (Å²) in [7, 11) is 0. The summed E-state index contributed by atoms with van der Waals surface area (Å²) < 4.78 is 1.99. The van der Waals surface area contributed by atoms with E-state index in [1.807, 2.05) is 53.4 Å². The normalized spacial score (nSPS) is 12.4. The maximum Gasteiger partial charge on any atom is 0.0942 e. The minimum Gasteiger partial charge on any atom is -0.394 e. The predicted molar refractivity (Wildman–Crippen MR) is 67.4 cm³/mol. The Balaban J connectivity index is 2.17. The van der Waals surface area contributed by atoms with E-state index >= 15 is 0 Å². The molecule has 2 aromatic rings. The number of hydrogen-bond donors (Lipinski definition) is 3. The standard InChI is InChI=1S/C13H16N2O2/c16-10-11(17)9-14-12-5-1-2-6-13(12)15-7-3-4-8-15/h1-8,11,14,16-17H,9-10H2. The summed E-state index contributed by atoms with van der Waals surface area (Å²) in [6, 6.07) is 11.7. The second-order valence-corrected chi connectivity index (χ2v) is 3.82. The highest BCUT2D eigenvalue weighted by atomic mass is 16.3.